The maximum atomic E-state index is 13.9. The Labute approximate surface area is 160 Å². The summed E-state index contributed by atoms with van der Waals surface area (Å²) in [5.74, 6) is 0. The lowest BCUT2D eigenvalue weighted by atomic mass is 9.98. The van der Waals surface area contributed by atoms with Gasteiger partial charge in [0.2, 0.25) is 10.0 Å². The molecule has 3 aromatic rings. The molecule has 0 saturated carbocycles. The highest BCUT2D eigenvalue weighted by Crippen LogP contribution is 2.42. The summed E-state index contributed by atoms with van der Waals surface area (Å²) in [6, 6.07) is 13.3. The summed E-state index contributed by atoms with van der Waals surface area (Å²) >= 11 is 0. The Morgan fingerprint density at radius 2 is 1.64 bits per heavy atom. The van der Waals surface area contributed by atoms with Gasteiger partial charge in [-0.25, -0.2) is 13.6 Å². The first-order chi connectivity index (χ1) is 13.1. The SMILES string of the molecule is C=CCn1nc(-c2ccc(S(N)(=O)=O)cc2)c(-c2ccccc2)c1C(F)(F)F. The lowest BCUT2D eigenvalue weighted by Gasteiger charge is -2.12. The molecule has 5 nitrogen and oxygen atoms in total. The highest BCUT2D eigenvalue weighted by molar-refractivity contribution is 7.89. The van der Waals surface area contributed by atoms with Gasteiger partial charge in [0.15, 0.2) is 5.69 Å². The average Bonchev–Trinajstić information content (AvgIpc) is 3.02. The number of primary sulfonamides is 1. The molecule has 2 N–H and O–H groups in total. The number of rotatable bonds is 5. The van der Waals surface area contributed by atoms with Crippen LogP contribution >= 0.6 is 0 Å². The summed E-state index contributed by atoms with van der Waals surface area (Å²) < 4.78 is 65.4. The molecule has 146 valence electrons. The average molecular weight is 407 g/mol. The maximum absolute atomic E-state index is 13.9. The molecule has 0 radical (unpaired) electrons. The van der Waals surface area contributed by atoms with Gasteiger partial charge in [0.25, 0.3) is 0 Å². The van der Waals surface area contributed by atoms with Gasteiger partial charge in [-0.2, -0.15) is 18.3 Å². The monoisotopic (exact) mass is 407 g/mol. The Hall–Kier alpha value is -2.91. The molecule has 3 rings (SSSR count). The Morgan fingerprint density at radius 1 is 1.04 bits per heavy atom. The molecule has 0 atom stereocenters. The van der Waals surface area contributed by atoms with Crippen LogP contribution < -0.4 is 5.14 Å². The number of benzene rings is 2. The summed E-state index contributed by atoms with van der Waals surface area (Å²) in [6.07, 6.45) is -3.33. The minimum absolute atomic E-state index is 0.0846. The smallest absolute Gasteiger partial charge is 0.255 e. The highest BCUT2D eigenvalue weighted by atomic mass is 32.2. The summed E-state index contributed by atoms with van der Waals surface area (Å²) in [4.78, 5) is -0.140. The second kappa shape index (κ2) is 7.25. The molecule has 2 aromatic carbocycles. The standard InChI is InChI=1S/C19H16F3N3O2S/c1-2-12-25-18(19(20,21)22)16(13-6-4-3-5-7-13)17(24-25)14-8-10-15(11-9-14)28(23,26)27/h2-11H,1,12H2,(H2,23,26,27). The van der Waals surface area contributed by atoms with Crippen molar-refractivity contribution >= 4 is 10.0 Å². The van der Waals surface area contributed by atoms with Crippen LogP contribution in [0.5, 0.6) is 0 Å². The van der Waals surface area contributed by atoms with Crippen LogP contribution in [0.25, 0.3) is 22.4 Å². The number of hydrogen-bond donors (Lipinski definition) is 1. The number of nitrogens with zero attached hydrogens (tertiary/aromatic N) is 2. The second-order valence-electron chi connectivity index (χ2n) is 5.98. The van der Waals surface area contributed by atoms with Crippen molar-refractivity contribution in [3.05, 3.63) is 72.9 Å². The summed E-state index contributed by atoms with van der Waals surface area (Å²) in [6.45, 7) is 3.36. The van der Waals surface area contributed by atoms with E-state index in [4.69, 9.17) is 5.14 Å². The zero-order valence-corrected chi connectivity index (χ0v) is 15.3. The fourth-order valence-corrected chi connectivity index (χ4v) is 3.40. The van der Waals surface area contributed by atoms with Gasteiger partial charge >= 0.3 is 6.18 Å². The van der Waals surface area contributed by atoms with E-state index < -0.39 is 21.9 Å². The van der Waals surface area contributed by atoms with E-state index in [2.05, 4.69) is 11.7 Å². The Bertz CT molecular complexity index is 1100. The lowest BCUT2D eigenvalue weighted by Crippen LogP contribution is -2.15. The van der Waals surface area contributed by atoms with Crippen molar-refractivity contribution in [2.45, 2.75) is 17.6 Å². The van der Waals surface area contributed by atoms with Crippen molar-refractivity contribution in [1.29, 1.82) is 0 Å². The number of sulfonamides is 1. The largest absolute Gasteiger partial charge is 0.433 e. The third-order valence-corrected chi connectivity index (χ3v) is 4.97. The van der Waals surface area contributed by atoms with E-state index in [1.807, 2.05) is 0 Å². The van der Waals surface area contributed by atoms with Crippen LogP contribution in [-0.4, -0.2) is 18.2 Å². The first-order valence-corrected chi connectivity index (χ1v) is 9.65. The highest BCUT2D eigenvalue weighted by Gasteiger charge is 2.40. The summed E-state index contributed by atoms with van der Waals surface area (Å²) in [5, 5.41) is 9.23. The van der Waals surface area contributed by atoms with Crippen LogP contribution in [0.2, 0.25) is 0 Å². The van der Waals surface area contributed by atoms with Gasteiger partial charge in [-0.3, -0.25) is 4.68 Å². The number of hydrogen-bond acceptors (Lipinski definition) is 3. The molecule has 28 heavy (non-hydrogen) atoms. The van der Waals surface area contributed by atoms with Crippen LogP contribution in [0.3, 0.4) is 0 Å². The maximum Gasteiger partial charge on any atom is 0.433 e. The van der Waals surface area contributed by atoms with E-state index in [1.165, 1.54) is 30.3 Å². The van der Waals surface area contributed by atoms with Gasteiger partial charge in [0, 0.05) is 11.1 Å². The molecular weight excluding hydrogens is 391 g/mol. The minimum Gasteiger partial charge on any atom is -0.255 e. The van der Waals surface area contributed by atoms with E-state index in [9.17, 15) is 21.6 Å². The second-order valence-corrected chi connectivity index (χ2v) is 7.54. The quantitative estimate of drug-likeness (QED) is 0.648. The molecule has 0 unspecified atom stereocenters. The van der Waals surface area contributed by atoms with Crippen LogP contribution in [-0.2, 0) is 22.7 Å². The van der Waals surface area contributed by atoms with Gasteiger partial charge in [-0.1, -0.05) is 48.5 Å². The van der Waals surface area contributed by atoms with Crippen molar-refractivity contribution in [2.24, 2.45) is 5.14 Å². The summed E-state index contributed by atoms with van der Waals surface area (Å²) in [7, 11) is -3.92. The molecule has 9 heteroatoms. The molecule has 0 spiro atoms. The van der Waals surface area contributed by atoms with Crippen LogP contribution in [0, 0.1) is 0 Å². The molecule has 1 heterocycles. The topological polar surface area (TPSA) is 78.0 Å². The molecule has 0 saturated heterocycles. The van der Waals surface area contributed by atoms with Crippen LogP contribution in [0.15, 0.2) is 72.1 Å². The van der Waals surface area contributed by atoms with Crippen molar-refractivity contribution < 1.29 is 21.6 Å². The lowest BCUT2D eigenvalue weighted by molar-refractivity contribution is -0.143. The van der Waals surface area contributed by atoms with E-state index >= 15 is 0 Å². The van der Waals surface area contributed by atoms with Gasteiger partial charge in [0.05, 0.1) is 11.4 Å². The molecule has 1 aromatic heterocycles. The first-order valence-electron chi connectivity index (χ1n) is 8.10. The number of aromatic nitrogens is 2. The molecule has 0 amide bonds. The van der Waals surface area contributed by atoms with Crippen LogP contribution in [0.4, 0.5) is 13.2 Å². The third kappa shape index (κ3) is 3.85. The number of halogens is 3. The normalized spacial score (nSPS) is 12.1. The van der Waals surface area contributed by atoms with Gasteiger partial charge < -0.3 is 0 Å². The molecular formula is C19H16F3N3O2S. The van der Waals surface area contributed by atoms with Crippen molar-refractivity contribution in [3.8, 4) is 22.4 Å². The Morgan fingerprint density at radius 3 is 2.14 bits per heavy atom. The fourth-order valence-electron chi connectivity index (χ4n) is 2.89. The van der Waals surface area contributed by atoms with E-state index in [-0.39, 0.29) is 22.7 Å². The Balaban J connectivity index is 2.30. The number of nitrogens with two attached hydrogens (primary N) is 1. The third-order valence-electron chi connectivity index (χ3n) is 4.04. The molecule has 0 aliphatic heterocycles. The van der Waals surface area contributed by atoms with E-state index in [1.54, 1.807) is 30.3 Å². The molecule has 0 fully saturated rings. The zero-order valence-electron chi connectivity index (χ0n) is 14.5. The predicted molar refractivity (Wildman–Crippen MR) is 99.7 cm³/mol. The van der Waals surface area contributed by atoms with Gasteiger partial charge in [-0.05, 0) is 17.7 Å². The van der Waals surface area contributed by atoms with Gasteiger partial charge in [-0.15, -0.1) is 6.58 Å². The molecule has 0 aliphatic rings. The molecule has 0 aliphatic carbocycles. The number of allylic oxidation sites excluding steroid dienone is 1. The molecule has 0 bridgehead atoms. The van der Waals surface area contributed by atoms with Crippen molar-refractivity contribution in [2.75, 3.05) is 0 Å². The Kier molecular flexibility index (Phi) is 5.14. The van der Waals surface area contributed by atoms with E-state index in [0.29, 0.717) is 11.1 Å². The summed E-state index contributed by atoms with van der Waals surface area (Å²) in [5.41, 5.74) is -0.223. The van der Waals surface area contributed by atoms with Crippen molar-refractivity contribution in [3.63, 3.8) is 0 Å². The van der Waals surface area contributed by atoms with Crippen molar-refractivity contribution in [1.82, 2.24) is 9.78 Å². The van der Waals surface area contributed by atoms with Gasteiger partial charge in [0.1, 0.15) is 5.69 Å². The predicted octanol–water partition coefficient (Wildman–Crippen LogP) is 4.07. The minimum atomic E-state index is -4.65. The number of alkyl halides is 3. The van der Waals surface area contributed by atoms with Crippen LogP contribution in [0.1, 0.15) is 5.69 Å². The van der Waals surface area contributed by atoms with E-state index in [0.717, 1.165) is 4.68 Å². The fraction of sp³-hybridized carbons (Fsp3) is 0.105. The zero-order chi connectivity index (χ0) is 20.5. The first kappa shape index (κ1) is 19.8.